The average Bonchev–Trinajstić information content (AvgIpc) is 2.97. The monoisotopic (exact) mass is 354 g/mol. The van der Waals surface area contributed by atoms with Crippen LogP contribution < -0.4 is 11.1 Å². The molecule has 3 aromatic rings. The van der Waals surface area contributed by atoms with E-state index in [1.54, 1.807) is 11.8 Å². The maximum atomic E-state index is 5.78. The molecule has 0 amide bonds. The first-order valence-corrected chi connectivity index (χ1v) is 9.25. The predicted octanol–water partition coefficient (Wildman–Crippen LogP) is 2.50. The van der Waals surface area contributed by atoms with E-state index in [2.05, 4.69) is 47.5 Å². The number of nitrogens with two attached hydrogens (primary N) is 1. The molecule has 1 aromatic carbocycles. The highest BCUT2D eigenvalue weighted by Gasteiger charge is 2.26. The molecule has 0 spiro atoms. The lowest BCUT2D eigenvalue weighted by atomic mass is 10.1. The quantitative estimate of drug-likeness (QED) is 0.554. The van der Waals surface area contributed by atoms with E-state index in [0.717, 1.165) is 35.6 Å². The molecule has 1 aliphatic rings. The molecule has 3 heterocycles. The molecule has 0 aliphatic carbocycles. The molecule has 0 saturated carbocycles. The highest BCUT2D eigenvalue weighted by atomic mass is 32.2. The number of rotatable bonds is 6. The predicted molar refractivity (Wildman–Crippen MR) is 103 cm³/mol. The third-order valence-corrected chi connectivity index (χ3v) is 5.54. The van der Waals surface area contributed by atoms with Gasteiger partial charge in [0.25, 0.3) is 0 Å². The van der Waals surface area contributed by atoms with Crippen LogP contribution >= 0.6 is 11.8 Å². The van der Waals surface area contributed by atoms with E-state index in [1.807, 2.05) is 17.1 Å². The van der Waals surface area contributed by atoms with Gasteiger partial charge in [0.2, 0.25) is 0 Å². The Balaban J connectivity index is 1.85. The zero-order valence-corrected chi connectivity index (χ0v) is 15.3. The molecule has 0 fully saturated rings. The fourth-order valence-electron chi connectivity index (χ4n) is 3.14. The number of pyridine rings is 1. The number of nitrogens with one attached hydrogen (secondary N) is 1. The van der Waals surface area contributed by atoms with Crippen molar-refractivity contribution < 1.29 is 0 Å². The maximum Gasteiger partial charge on any atom is 0.104 e. The lowest BCUT2D eigenvalue weighted by Gasteiger charge is -2.19. The van der Waals surface area contributed by atoms with E-state index in [9.17, 15) is 0 Å². The van der Waals surface area contributed by atoms with Crippen LogP contribution in [0.4, 0.5) is 5.69 Å². The summed E-state index contributed by atoms with van der Waals surface area (Å²) in [6.07, 6.45) is 3.75. The van der Waals surface area contributed by atoms with Gasteiger partial charge >= 0.3 is 0 Å². The molecule has 130 valence electrons. The van der Waals surface area contributed by atoms with Crippen molar-refractivity contribution in [1.82, 2.24) is 19.7 Å². The second-order valence-electron chi connectivity index (χ2n) is 6.40. The van der Waals surface area contributed by atoms with Gasteiger partial charge in [0.1, 0.15) is 5.69 Å². The molecule has 0 saturated heterocycles. The SMILES string of the molecule is CN(C)CCNc1ccc2c3c(nn2CCN)-c2cnccc2Sc13. The Morgan fingerprint density at radius 3 is 2.96 bits per heavy atom. The first kappa shape index (κ1) is 16.4. The number of hydrogen-bond donors (Lipinski definition) is 2. The van der Waals surface area contributed by atoms with Crippen LogP contribution in [0.2, 0.25) is 0 Å². The fraction of sp³-hybridized carbons (Fsp3) is 0.333. The smallest absolute Gasteiger partial charge is 0.104 e. The van der Waals surface area contributed by atoms with Crippen molar-refractivity contribution in [2.24, 2.45) is 5.73 Å². The Labute approximate surface area is 151 Å². The molecule has 0 radical (unpaired) electrons. The van der Waals surface area contributed by atoms with Crippen LogP contribution in [0.15, 0.2) is 40.4 Å². The van der Waals surface area contributed by atoms with E-state index in [1.165, 1.54) is 15.2 Å². The zero-order valence-electron chi connectivity index (χ0n) is 14.5. The van der Waals surface area contributed by atoms with Crippen molar-refractivity contribution in [1.29, 1.82) is 0 Å². The Hall–Kier alpha value is -2.09. The molecule has 25 heavy (non-hydrogen) atoms. The van der Waals surface area contributed by atoms with Gasteiger partial charge in [-0.25, -0.2) is 0 Å². The average molecular weight is 354 g/mol. The maximum absolute atomic E-state index is 5.78. The zero-order chi connectivity index (χ0) is 17.4. The second-order valence-corrected chi connectivity index (χ2v) is 7.45. The summed E-state index contributed by atoms with van der Waals surface area (Å²) in [5.41, 5.74) is 10.2. The Morgan fingerprint density at radius 1 is 1.28 bits per heavy atom. The van der Waals surface area contributed by atoms with Crippen LogP contribution in [-0.4, -0.2) is 53.4 Å². The van der Waals surface area contributed by atoms with Gasteiger partial charge in [0, 0.05) is 58.5 Å². The van der Waals surface area contributed by atoms with Crippen molar-refractivity contribution >= 4 is 28.4 Å². The number of fused-ring (bicyclic) bond motifs is 2. The summed E-state index contributed by atoms with van der Waals surface area (Å²) in [7, 11) is 4.17. The molecule has 1 aliphatic heterocycles. The topological polar surface area (TPSA) is 72.0 Å². The van der Waals surface area contributed by atoms with Crippen LogP contribution in [0.1, 0.15) is 0 Å². The van der Waals surface area contributed by atoms with Crippen molar-refractivity contribution in [3.8, 4) is 11.3 Å². The van der Waals surface area contributed by atoms with Gasteiger partial charge in [-0.1, -0.05) is 11.8 Å². The molecular weight excluding hydrogens is 332 g/mol. The van der Waals surface area contributed by atoms with E-state index >= 15 is 0 Å². The Bertz CT molecular complexity index is 917. The van der Waals surface area contributed by atoms with Crippen molar-refractivity contribution in [2.45, 2.75) is 16.3 Å². The van der Waals surface area contributed by atoms with Crippen LogP contribution in [0.3, 0.4) is 0 Å². The summed E-state index contributed by atoms with van der Waals surface area (Å²) in [6, 6.07) is 6.36. The van der Waals surface area contributed by atoms with Gasteiger partial charge in [-0.05, 0) is 32.3 Å². The summed E-state index contributed by atoms with van der Waals surface area (Å²) in [6.45, 7) is 3.18. The van der Waals surface area contributed by atoms with Crippen LogP contribution in [0.25, 0.3) is 22.2 Å². The number of nitrogens with zero attached hydrogens (tertiary/aromatic N) is 4. The van der Waals surface area contributed by atoms with Crippen molar-refractivity contribution in [3.63, 3.8) is 0 Å². The fourth-order valence-corrected chi connectivity index (χ4v) is 4.30. The molecule has 4 rings (SSSR count). The minimum Gasteiger partial charge on any atom is -0.383 e. The molecular formula is C18H22N6S. The number of likely N-dealkylation sites (N-methyl/N-ethyl adjacent to an activating group) is 1. The van der Waals surface area contributed by atoms with Gasteiger partial charge in [-0.3, -0.25) is 9.67 Å². The minimum atomic E-state index is 0.571. The van der Waals surface area contributed by atoms with Crippen molar-refractivity contribution in [3.05, 3.63) is 30.6 Å². The summed E-state index contributed by atoms with van der Waals surface area (Å²) in [5, 5.41) is 9.63. The van der Waals surface area contributed by atoms with Gasteiger partial charge in [-0.15, -0.1) is 0 Å². The molecule has 2 aromatic heterocycles. The Morgan fingerprint density at radius 2 is 2.16 bits per heavy atom. The van der Waals surface area contributed by atoms with Gasteiger partial charge in [0.05, 0.1) is 12.1 Å². The Kier molecular flexibility index (Phi) is 4.37. The third kappa shape index (κ3) is 2.88. The standard InChI is InChI=1S/C18H22N6S/c1-23(2)10-8-21-13-3-4-14-16-17(22-24(14)9-6-19)12-11-20-7-5-15(12)25-18(13)16/h3-5,7,11,21H,6,8-10,19H2,1-2H3. The lowest BCUT2D eigenvalue weighted by Crippen LogP contribution is -2.21. The summed E-state index contributed by atoms with van der Waals surface area (Å²) in [5.74, 6) is 0. The largest absolute Gasteiger partial charge is 0.383 e. The highest BCUT2D eigenvalue weighted by molar-refractivity contribution is 8.00. The molecule has 3 N–H and O–H groups in total. The van der Waals surface area contributed by atoms with E-state index in [0.29, 0.717) is 13.1 Å². The molecule has 7 heteroatoms. The lowest BCUT2D eigenvalue weighted by molar-refractivity contribution is 0.425. The normalized spacial score (nSPS) is 12.6. The van der Waals surface area contributed by atoms with Gasteiger partial charge in [-0.2, -0.15) is 5.10 Å². The van der Waals surface area contributed by atoms with E-state index < -0.39 is 0 Å². The molecule has 0 unspecified atom stereocenters. The molecule has 0 bridgehead atoms. The van der Waals surface area contributed by atoms with Crippen LogP contribution in [0, 0.1) is 0 Å². The van der Waals surface area contributed by atoms with Crippen LogP contribution in [-0.2, 0) is 6.54 Å². The summed E-state index contributed by atoms with van der Waals surface area (Å²) >= 11 is 1.79. The van der Waals surface area contributed by atoms with Crippen molar-refractivity contribution in [2.75, 3.05) is 39.0 Å². The highest BCUT2D eigenvalue weighted by Crippen LogP contribution is 2.49. The first-order chi connectivity index (χ1) is 12.2. The number of anilines is 1. The third-order valence-electron chi connectivity index (χ3n) is 4.33. The number of benzene rings is 1. The van der Waals surface area contributed by atoms with E-state index in [-0.39, 0.29) is 0 Å². The van der Waals surface area contributed by atoms with E-state index in [4.69, 9.17) is 10.8 Å². The number of aromatic nitrogens is 3. The molecule has 6 nitrogen and oxygen atoms in total. The number of hydrogen-bond acceptors (Lipinski definition) is 6. The minimum absolute atomic E-state index is 0.571. The second kappa shape index (κ2) is 6.67. The summed E-state index contributed by atoms with van der Waals surface area (Å²) < 4.78 is 2.01. The van der Waals surface area contributed by atoms with Gasteiger partial charge in [0.15, 0.2) is 0 Å². The van der Waals surface area contributed by atoms with Gasteiger partial charge < -0.3 is 16.0 Å². The first-order valence-electron chi connectivity index (χ1n) is 8.43. The summed E-state index contributed by atoms with van der Waals surface area (Å²) in [4.78, 5) is 8.91. The molecule has 0 atom stereocenters. The van der Waals surface area contributed by atoms with Crippen LogP contribution in [0.5, 0.6) is 0 Å².